The molecule has 23 heavy (non-hydrogen) atoms. The summed E-state index contributed by atoms with van der Waals surface area (Å²) in [4.78, 5) is 30.5. The number of urea groups is 1. The van der Waals surface area contributed by atoms with Crippen molar-refractivity contribution in [2.24, 2.45) is 0 Å². The fourth-order valence-corrected chi connectivity index (χ4v) is 2.82. The van der Waals surface area contributed by atoms with Crippen LogP contribution in [0, 0.1) is 0 Å². The number of rotatable bonds is 3. The molecule has 1 atom stereocenters. The first-order valence-electron chi connectivity index (χ1n) is 7.50. The molecule has 2 heterocycles. The van der Waals surface area contributed by atoms with Crippen molar-refractivity contribution in [1.29, 1.82) is 0 Å². The molecule has 0 fully saturated rings. The highest BCUT2D eigenvalue weighted by atomic mass is 16.2. The molecule has 1 aromatic heterocycles. The van der Waals surface area contributed by atoms with Gasteiger partial charge in [0.25, 0.3) is 0 Å². The minimum atomic E-state index is -0.529. The van der Waals surface area contributed by atoms with Crippen LogP contribution in [0.3, 0.4) is 0 Å². The van der Waals surface area contributed by atoms with E-state index in [4.69, 9.17) is 0 Å². The summed E-state index contributed by atoms with van der Waals surface area (Å²) in [6.07, 6.45) is 3.70. The smallest absolute Gasteiger partial charge is 0.321 e. The van der Waals surface area contributed by atoms with Crippen molar-refractivity contribution in [1.82, 2.24) is 25.1 Å². The number of nitrogens with zero attached hydrogens (tertiary/aromatic N) is 3. The number of carbonyl (C=O) groups is 2. The van der Waals surface area contributed by atoms with Crippen LogP contribution in [0.2, 0.25) is 0 Å². The number of amides is 3. The Morgan fingerprint density at radius 2 is 2.00 bits per heavy atom. The van der Waals surface area contributed by atoms with Gasteiger partial charge in [0, 0.05) is 32.5 Å². The second-order valence-corrected chi connectivity index (χ2v) is 5.39. The Morgan fingerprint density at radius 3 is 2.74 bits per heavy atom. The third-order valence-electron chi connectivity index (χ3n) is 3.97. The van der Waals surface area contributed by atoms with E-state index in [2.05, 4.69) is 20.2 Å². The summed E-state index contributed by atoms with van der Waals surface area (Å²) in [7, 11) is 1.48. The molecule has 0 radical (unpaired) electrons. The van der Waals surface area contributed by atoms with E-state index in [0.717, 1.165) is 17.9 Å². The number of imidazole rings is 1. The Kier molecular flexibility index (Phi) is 4.38. The van der Waals surface area contributed by atoms with Gasteiger partial charge in [-0.3, -0.25) is 15.0 Å². The summed E-state index contributed by atoms with van der Waals surface area (Å²) >= 11 is 0. The van der Waals surface area contributed by atoms with E-state index in [1.807, 2.05) is 41.4 Å². The van der Waals surface area contributed by atoms with Gasteiger partial charge in [-0.05, 0) is 5.56 Å². The standard InChI is InChI=1S/C16H19N5O2/c1-17-16(23)19-15(22)14(12-5-3-2-4-6-12)21-10-9-20-8-7-18-13(20)11-21/h2-8,14H,9-11H2,1H3,(H2,17,19,22,23). The Hall–Kier alpha value is -2.67. The third-order valence-corrected chi connectivity index (χ3v) is 3.97. The van der Waals surface area contributed by atoms with Crippen LogP contribution < -0.4 is 10.6 Å². The molecule has 7 heteroatoms. The maximum atomic E-state index is 12.6. The molecule has 120 valence electrons. The van der Waals surface area contributed by atoms with Gasteiger partial charge in [0.15, 0.2) is 0 Å². The van der Waals surface area contributed by atoms with Crippen molar-refractivity contribution in [2.75, 3.05) is 13.6 Å². The molecule has 0 saturated heterocycles. The highest BCUT2D eigenvalue weighted by Crippen LogP contribution is 2.25. The lowest BCUT2D eigenvalue weighted by atomic mass is 10.0. The fraction of sp³-hybridized carbons (Fsp3) is 0.312. The van der Waals surface area contributed by atoms with Crippen molar-refractivity contribution >= 4 is 11.9 Å². The Bertz CT molecular complexity index is 698. The number of benzene rings is 1. The van der Waals surface area contributed by atoms with Crippen LogP contribution in [0.5, 0.6) is 0 Å². The molecule has 3 rings (SSSR count). The van der Waals surface area contributed by atoms with Gasteiger partial charge in [-0.25, -0.2) is 9.78 Å². The summed E-state index contributed by atoms with van der Waals surface area (Å²) < 4.78 is 2.08. The van der Waals surface area contributed by atoms with Crippen LogP contribution in [0.4, 0.5) is 4.79 Å². The monoisotopic (exact) mass is 313 g/mol. The van der Waals surface area contributed by atoms with Gasteiger partial charge in [0.1, 0.15) is 11.9 Å². The van der Waals surface area contributed by atoms with E-state index < -0.39 is 12.1 Å². The van der Waals surface area contributed by atoms with Gasteiger partial charge < -0.3 is 9.88 Å². The van der Waals surface area contributed by atoms with Crippen LogP contribution in [-0.2, 0) is 17.9 Å². The third kappa shape index (κ3) is 3.24. The molecular weight excluding hydrogens is 294 g/mol. The van der Waals surface area contributed by atoms with Gasteiger partial charge in [-0.1, -0.05) is 30.3 Å². The number of hydrogen-bond donors (Lipinski definition) is 2. The highest BCUT2D eigenvalue weighted by Gasteiger charge is 2.31. The quantitative estimate of drug-likeness (QED) is 0.882. The first-order valence-corrected chi connectivity index (χ1v) is 7.50. The first-order chi connectivity index (χ1) is 11.2. The zero-order valence-corrected chi connectivity index (χ0v) is 12.9. The lowest BCUT2D eigenvalue weighted by Crippen LogP contribution is -2.47. The van der Waals surface area contributed by atoms with E-state index in [-0.39, 0.29) is 5.91 Å². The molecule has 2 N–H and O–H groups in total. The molecular formula is C16H19N5O2. The average molecular weight is 313 g/mol. The molecule has 0 saturated carbocycles. The Balaban J connectivity index is 1.87. The zero-order chi connectivity index (χ0) is 16.2. The normalized spacial score (nSPS) is 15.5. The molecule has 1 aromatic carbocycles. The molecule has 0 spiro atoms. The van der Waals surface area contributed by atoms with E-state index in [0.29, 0.717) is 13.1 Å². The van der Waals surface area contributed by atoms with Crippen molar-refractivity contribution in [2.45, 2.75) is 19.1 Å². The second-order valence-electron chi connectivity index (χ2n) is 5.39. The van der Waals surface area contributed by atoms with Crippen LogP contribution in [0.25, 0.3) is 0 Å². The van der Waals surface area contributed by atoms with Gasteiger partial charge in [0.05, 0.1) is 6.54 Å². The lowest BCUT2D eigenvalue weighted by molar-refractivity contribution is -0.126. The maximum Gasteiger partial charge on any atom is 0.321 e. The van der Waals surface area contributed by atoms with Crippen LogP contribution in [0.1, 0.15) is 17.4 Å². The van der Waals surface area contributed by atoms with Crippen molar-refractivity contribution in [3.8, 4) is 0 Å². The second kappa shape index (κ2) is 6.62. The minimum Gasteiger partial charge on any atom is -0.341 e. The number of imide groups is 1. The van der Waals surface area contributed by atoms with Crippen LogP contribution in [-0.4, -0.2) is 40.0 Å². The molecule has 1 aliphatic heterocycles. The Labute approximate surface area is 134 Å². The largest absolute Gasteiger partial charge is 0.341 e. The minimum absolute atomic E-state index is 0.337. The number of carbonyl (C=O) groups excluding carboxylic acids is 2. The van der Waals surface area contributed by atoms with E-state index >= 15 is 0 Å². The molecule has 0 aliphatic carbocycles. The average Bonchev–Trinajstić information content (AvgIpc) is 3.03. The van der Waals surface area contributed by atoms with E-state index in [9.17, 15) is 9.59 Å². The number of hydrogen-bond acceptors (Lipinski definition) is 4. The molecule has 3 amide bonds. The van der Waals surface area contributed by atoms with Crippen molar-refractivity contribution in [3.63, 3.8) is 0 Å². The van der Waals surface area contributed by atoms with Crippen LogP contribution >= 0.6 is 0 Å². The van der Waals surface area contributed by atoms with E-state index in [1.165, 1.54) is 7.05 Å². The topological polar surface area (TPSA) is 79.3 Å². The summed E-state index contributed by atoms with van der Waals surface area (Å²) in [5, 5.41) is 4.80. The van der Waals surface area contributed by atoms with Gasteiger partial charge in [-0.2, -0.15) is 0 Å². The van der Waals surface area contributed by atoms with E-state index in [1.54, 1.807) is 6.20 Å². The highest BCUT2D eigenvalue weighted by molar-refractivity contribution is 5.97. The molecule has 2 aromatic rings. The predicted octanol–water partition coefficient (Wildman–Crippen LogP) is 0.896. The summed E-state index contributed by atoms with van der Waals surface area (Å²) in [6, 6.07) is 8.44. The summed E-state index contributed by atoms with van der Waals surface area (Å²) in [5.41, 5.74) is 0.855. The maximum absolute atomic E-state index is 12.6. The predicted molar refractivity (Wildman–Crippen MR) is 84.4 cm³/mol. The van der Waals surface area contributed by atoms with Gasteiger partial charge >= 0.3 is 6.03 Å². The van der Waals surface area contributed by atoms with Crippen LogP contribution in [0.15, 0.2) is 42.7 Å². The molecule has 1 unspecified atom stereocenters. The molecule has 7 nitrogen and oxygen atoms in total. The Morgan fingerprint density at radius 1 is 1.22 bits per heavy atom. The molecule has 1 aliphatic rings. The fourth-order valence-electron chi connectivity index (χ4n) is 2.82. The lowest BCUT2D eigenvalue weighted by Gasteiger charge is -2.34. The summed E-state index contributed by atoms with van der Waals surface area (Å²) in [5.74, 6) is 0.584. The number of aromatic nitrogens is 2. The summed E-state index contributed by atoms with van der Waals surface area (Å²) in [6.45, 7) is 2.05. The number of fused-ring (bicyclic) bond motifs is 1. The number of nitrogens with one attached hydrogen (secondary N) is 2. The zero-order valence-electron chi connectivity index (χ0n) is 12.9. The van der Waals surface area contributed by atoms with Crippen molar-refractivity contribution in [3.05, 3.63) is 54.1 Å². The van der Waals surface area contributed by atoms with Gasteiger partial charge in [-0.15, -0.1) is 0 Å². The molecule has 0 bridgehead atoms. The first kappa shape index (κ1) is 15.2. The SMILES string of the molecule is CNC(=O)NC(=O)C(c1ccccc1)N1CCn2ccnc2C1. The van der Waals surface area contributed by atoms with Gasteiger partial charge in [0.2, 0.25) is 5.91 Å². The van der Waals surface area contributed by atoms with Crippen molar-refractivity contribution < 1.29 is 9.59 Å².